The quantitative estimate of drug-likeness (QED) is 0.592. The highest BCUT2D eigenvalue weighted by Gasteiger charge is 2.17. The van der Waals surface area contributed by atoms with Crippen molar-refractivity contribution >= 4 is 33.4 Å². The fraction of sp³-hybridized carbons (Fsp3) is 0.100. The number of nitrogens with one attached hydrogen (secondary N) is 1. The zero-order valence-electron chi connectivity index (χ0n) is 14.5. The van der Waals surface area contributed by atoms with E-state index in [4.69, 9.17) is 0 Å². The van der Waals surface area contributed by atoms with Crippen molar-refractivity contribution in [1.29, 1.82) is 0 Å². The molecule has 3 aromatic heterocycles. The molecule has 4 aromatic rings. The Balaban J connectivity index is 1.80. The van der Waals surface area contributed by atoms with Gasteiger partial charge in [-0.25, -0.2) is 9.97 Å². The lowest BCUT2D eigenvalue weighted by atomic mass is 10.1. The predicted molar refractivity (Wildman–Crippen MR) is 106 cm³/mol. The number of nitrogens with zero attached hydrogens (tertiary/aromatic N) is 3. The van der Waals surface area contributed by atoms with E-state index in [1.54, 1.807) is 18.3 Å². The summed E-state index contributed by atoms with van der Waals surface area (Å²) in [7, 11) is 0. The van der Waals surface area contributed by atoms with Crippen molar-refractivity contribution in [3.63, 3.8) is 0 Å². The largest absolute Gasteiger partial charge is 0.298 e. The lowest BCUT2D eigenvalue weighted by Gasteiger charge is -2.12. The van der Waals surface area contributed by atoms with Crippen molar-refractivity contribution < 1.29 is 4.79 Å². The third-order valence-electron chi connectivity index (χ3n) is 4.12. The Morgan fingerprint density at radius 3 is 2.74 bits per heavy atom. The molecular weight excluding hydrogens is 360 g/mol. The molecule has 1 aromatic carbocycles. The zero-order valence-corrected chi connectivity index (χ0v) is 15.4. The van der Waals surface area contributed by atoms with Crippen molar-refractivity contribution in [2.45, 2.75) is 13.5 Å². The van der Waals surface area contributed by atoms with Gasteiger partial charge >= 0.3 is 0 Å². The van der Waals surface area contributed by atoms with Gasteiger partial charge in [0.15, 0.2) is 5.13 Å². The third kappa shape index (κ3) is 3.50. The first kappa shape index (κ1) is 17.1. The van der Waals surface area contributed by atoms with E-state index in [2.05, 4.69) is 15.3 Å². The number of thiazole rings is 1. The van der Waals surface area contributed by atoms with Crippen LogP contribution in [0.5, 0.6) is 0 Å². The summed E-state index contributed by atoms with van der Waals surface area (Å²) in [5.41, 5.74) is 2.02. The van der Waals surface area contributed by atoms with Crippen LogP contribution in [0, 0.1) is 6.92 Å². The van der Waals surface area contributed by atoms with Gasteiger partial charge in [-0.3, -0.25) is 19.5 Å². The number of anilines is 1. The number of rotatable bonds is 4. The number of hydrogen-bond acceptors (Lipinski definition) is 5. The highest BCUT2D eigenvalue weighted by molar-refractivity contribution is 7.13. The maximum absolute atomic E-state index is 13.1. The van der Waals surface area contributed by atoms with E-state index in [0.29, 0.717) is 17.3 Å². The van der Waals surface area contributed by atoms with Crippen LogP contribution in [0.4, 0.5) is 5.13 Å². The summed E-state index contributed by atoms with van der Waals surface area (Å²) < 4.78 is 1.53. The molecule has 3 heterocycles. The first-order chi connectivity index (χ1) is 13.1. The van der Waals surface area contributed by atoms with Crippen LogP contribution in [0.15, 0.2) is 64.9 Å². The molecular formula is C20H16N4O2S. The highest BCUT2D eigenvalue weighted by Crippen LogP contribution is 2.17. The molecule has 1 N–H and O–H groups in total. The van der Waals surface area contributed by atoms with Gasteiger partial charge in [0.2, 0.25) is 0 Å². The number of benzene rings is 1. The summed E-state index contributed by atoms with van der Waals surface area (Å²) in [6.45, 7) is 2.19. The minimum Gasteiger partial charge on any atom is -0.298 e. The average molecular weight is 376 g/mol. The Morgan fingerprint density at radius 1 is 1.19 bits per heavy atom. The Hall–Kier alpha value is -3.32. The van der Waals surface area contributed by atoms with Gasteiger partial charge in [-0.1, -0.05) is 30.3 Å². The number of aryl methyl sites for hydroxylation is 1. The van der Waals surface area contributed by atoms with Gasteiger partial charge in [0.25, 0.3) is 11.5 Å². The van der Waals surface area contributed by atoms with E-state index in [1.165, 1.54) is 15.9 Å². The normalized spacial score (nSPS) is 10.9. The smallest absolute Gasteiger partial charge is 0.265 e. The number of carbonyl (C=O) groups excluding carboxylic acids is 1. The van der Waals surface area contributed by atoms with E-state index in [9.17, 15) is 9.59 Å². The fourth-order valence-corrected chi connectivity index (χ4v) is 3.54. The molecule has 0 aliphatic rings. The van der Waals surface area contributed by atoms with Gasteiger partial charge in [0.05, 0.1) is 12.2 Å². The lowest BCUT2D eigenvalue weighted by Crippen LogP contribution is -2.30. The maximum Gasteiger partial charge on any atom is 0.265 e. The van der Waals surface area contributed by atoms with Gasteiger partial charge in [-0.15, -0.1) is 11.3 Å². The molecule has 7 heteroatoms. The van der Waals surface area contributed by atoms with Crippen molar-refractivity contribution in [1.82, 2.24) is 14.5 Å². The van der Waals surface area contributed by atoms with E-state index in [0.717, 1.165) is 16.6 Å². The number of amides is 1. The second-order valence-corrected chi connectivity index (χ2v) is 6.96. The number of carbonyl (C=O) groups is 1. The number of pyridine rings is 2. The van der Waals surface area contributed by atoms with E-state index < -0.39 is 5.91 Å². The van der Waals surface area contributed by atoms with Crippen LogP contribution in [0.2, 0.25) is 0 Å². The Kier molecular flexibility index (Phi) is 4.52. The monoisotopic (exact) mass is 376 g/mol. The van der Waals surface area contributed by atoms with Gasteiger partial charge < -0.3 is 0 Å². The van der Waals surface area contributed by atoms with Crippen LogP contribution in [-0.4, -0.2) is 20.4 Å². The molecule has 0 saturated carbocycles. The molecule has 134 valence electrons. The standard InChI is InChI=1S/C20H16N4O2S/c1-13-12-27-20(22-13)23-18(25)16-10-15-8-5-9-21-17(15)24(19(16)26)11-14-6-3-2-4-7-14/h2-10,12H,11H2,1H3,(H,22,23,25). The number of fused-ring (bicyclic) bond motifs is 1. The van der Waals surface area contributed by atoms with Crippen LogP contribution in [-0.2, 0) is 6.54 Å². The van der Waals surface area contributed by atoms with Gasteiger partial charge in [0, 0.05) is 17.0 Å². The van der Waals surface area contributed by atoms with E-state index in [-0.39, 0.29) is 11.1 Å². The van der Waals surface area contributed by atoms with Gasteiger partial charge in [0.1, 0.15) is 11.2 Å². The number of aromatic nitrogens is 3. The van der Waals surface area contributed by atoms with Gasteiger partial charge in [-0.05, 0) is 30.7 Å². The first-order valence-corrected chi connectivity index (χ1v) is 9.26. The van der Waals surface area contributed by atoms with E-state index in [1.807, 2.05) is 48.7 Å². The summed E-state index contributed by atoms with van der Waals surface area (Å²) in [6, 6.07) is 14.8. The summed E-state index contributed by atoms with van der Waals surface area (Å²) in [4.78, 5) is 34.4. The highest BCUT2D eigenvalue weighted by atomic mass is 32.1. The molecule has 0 spiro atoms. The zero-order chi connectivity index (χ0) is 18.8. The summed E-state index contributed by atoms with van der Waals surface area (Å²) in [5, 5.41) is 5.75. The molecule has 6 nitrogen and oxygen atoms in total. The Bertz CT molecular complexity index is 1180. The Morgan fingerprint density at radius 2 is 2.00 bits per heavy atom. The molecule has 27 heavy (non-hydrogen) atoms. The summed E-state index contributed by atoms with van der Waals surface area (Å²) >= 11 is 1.32. The van der Waals surface area contributed by atoms with Crippen molar-refractivity contribution in [3.8, 4) is 0 Å². The minimum absolute atomic E-state index is 0.0688. The maximum atomic E-state index is 13.1. The molecule has 1 amide bonds. The van der Waals surface area contributed by atoms with Crippen LogP contribution in [0.25, 0.3) is 11.0 Å². The van der Waals surface area contributed by atoms with Crippen molar-refractivity contribution in [2.24, 2.45) is 0 Å². The molecule has 4 rings (SSSR count). The molecule has 0 fully saturated rings. The summed E-state index contributed by atoms with van der Waals surface area (Å²) in [5.74, 6) is -0.470. The van der Waals surface area contributed by atoms with Crippen molar-refractivity contribution in [2.75, 3.05) is 5.32 Å². The third-order valence-corrected chi connectivity index (χ3v) is 4.99. The minimum atomic E-state index is -0.470. The molecule has 0 unspecified atom stereocenters. The Labute approximate surface area is 159 Å². The molecule has 0 aliphatic carbocycles. The van der Waals surface area contributed by atoms with Gasteiger partial charge in [-0.2, -0.15) is 0 Å². The van der Waals surface area contributed by atoms with Crippen LogP contribution in [0.3, 0.4) is 0 Å². The second kappa shape index (κ2) is 7.13. The molecule has 0 aliphatic heterocycles. The second-order valence-electron chi connectivity index (χ2n) is 6.10. The molecule has 0 bridgehead atoms. The lowest BCUT2D eigenvalue weighted by molar-refractivity contribution is 0.102. The predicted octanol–water partition coefficient (Wildman–Crippen LogP) is 3.46. The van der Waals surface area contributed by atoms with Crippen LogP contribution in [0.1, 0.15) is 21.6 Å². The fourth-order valence-electron chi connectivity index (χ4n) is 2.86. The first-order valence-electron chi connectivity index (χ1n) is 8.38. The van der Waals surface area contributed by atoms with Crippen LogP contribution < -0.4 is 10.9 Å². The average Bonchev–Trinajstić information content (AvgIpc) is 3.09. The van der Waals surface area contributed by atoms with E-state index >= 15 is 0 Å². The SMILES string of the molecule is Cc1csc(NC(=O)c2cc3cccnc3n(Cc3ccccc3)c2=O)n1. The van der Waals surface area contributed by atoms with Crippen LogP contribution >= 0.6 is 11.3 Å². The molecule has 0 saturated heterocycles. The summed E-state index contributed by atoms with van der Waals surface area (Å²) in [6.07, 6.45) is 1.64. The topological polar surface area (TPSA) is 76.9 Å². The molecule has 0 radical (unpaired) electrons. The molecule has 0 atom stereocenters. The number of hydrogen-bond donors (Lipinski definition) is 1. The van der Waals surface area contributed by atoms with Crippen molar-refractivity contribution in [3.05, 3.63) is 87.3 Å².